The first-order valence-electron chi connectivity index (χ1n) is 11.8. The second kappa shape index (κ2) is 9.64. The number of carbonyl (C=O) groups excluding carboxylic acids is 1. The van der Waals surface area contributed by atoms with E-state index in [1.165, 1.54) is 35.4 Å². The van der Waals surface area contributed by atoms with Gasteiger partial charge in [0.1, 0.15) is 11.6 Å². The monoisotopic (exact) mass is 519 g/mol. The van der Waals surface area contributed by atoms with Crippen LogP contribution >= 0.6 is 0 Å². The fraction of sp³-hybridized carbons (Fsp3) is 0.280. The molecule has 0 unspecified atom stereocenters. The smallest absolute Gasteiger partial charge is 0.278 e. The minimum atomic E-state index is -2.92. The number of nitrogens with one attached hydrogen (secondary N) is 3. The number of anilines is 1. The lowest BCUT2D eigenvalue weighted by atomic mass is 9.83. The Morgan fingerprint density at radius 3 is 2.76 bits per heavy atom. The standard InChI is InChI=1S/C25H23F2N9O2/c1-2-15-9-30-12-25(15,24-31-7-13(6-28)8-32-24)35-20-17(23(29)38)10-33-36-11-14(5-18(20)36)16-3-4-19(37)34-21(16)22(26)27/h3-5,7-8,10-11,15,22,30,35H,2,9,12H2,1H3,(H2,29,38)(H,34,37)/t15-,25+/m0/s1. The van der Waals surface area contributed by atoms with Crippen LogP contribution in [0.15, 0.2) is 47.8 Å². The summed E-state index contributed by atoms with van der Waals surface area (Å²) in [7, 11) is 0. The molecule has 0 spiro atoms. The van der Waals surface area contributed by atoms with Crippen LogP contribution in [-0.4, -0.2) is 43.6 Å². The zero-order valence-corrected chi connectivity index (χ0v) is 20.2. The number of primary amides is 1. The maximum Gasteiger partial charge on any atom is 0.278 e. The summed E-state index contributed by atoms with van der Waals surface area (Å²) < 4.78 is 28.9. The molecule has 2 atom stereocenters. The van der Waals surface area contributed by atoms with Gasteiger partial charge in [-0.2, -0.15) is 10.4 Å². The number of halogens is 2. The molecule has 1 amide bonds. The number of hydrogen-bond acceptors (Lipinski definition) is 8. The van der Waals surface area contributed by atoms with Gasteiger partial charge in [0.2, 0.25) is 5.56 Å². The Balaban J connectivity index is 1.71. The number of aromatic nitrogens is 5. The van der Waals surface area contributed by atoms with E-state index in [4.69, 9.17) is 5.73 Å². The highest BCUT2D eigenvalue weighted by Crippen LogP contribution is 2.40. The molecule has 5 rings (SSSR count). The van der Waals surface area contributed by atoms with Crippen molar-refractivity contribution in [3.63, 3.8) is 0 Å². The quantitative estimate of drug-likeness (QED) is 0.289. The first-order valence-corrected chi connectivity index (χ1v) is 11.8. The summed E-state index contributed by atoms with van der Waals surface area (Å²) in [6.07, 6.45) is 3.52. The van der Waals surface area contributed by atoms with E-state index in [-0.39, 0.29) is 17.0 Å². The number of hydrogen-bond donors (Lipinski definition) is 4. The second-order valence-corrected chi connectivity index (χ2v) is 9.05. The zero-order chi connectivity index (χ0) is 27.0. The molecule has 4 aromatic heterocycles. The molecule has 0 aromatic carbocycles. The van der Waals surface area contributed by atoms with Gasteiger partial charge < -0.3 is 21.4 Å². The topological polar surface area (TPSA) is 167 Å². The van der Waals surface area contributed by atoms with Gasteiger partial charge in [-0.15, -0.1) is 0 Å². The zero-order valence-electron chi connectivity index (χ0n) is 20.2. The van der Waals surface area contributed by atoms with Crippen LogP contribution in [0.2, 0.25) is 0 Å². The van der Waals surface area contributed by atoms with Gasteiger partial charge in [-0.05, 0) is 18.6 Å². The van der Waals surface area contributed by atoms with E-state index < -0.39 is 29.1 Å². The van der Waals surface area contributed by atoms with E-state index in [0.29, 0.717) is 41.2 Å². The summed E-state index contributed by atoms with van der Waals surface area (Å²) in [6, 6.07) is 6.08. The van der Waals surface area contributed by atoms with Gasteiger partial charge in [-0.25, -0.2) is 23.3 Å². The van der Waals surface area contributed by atoms with Crippen LogP contribution in [0.4, 0.5) is 14.5 Å². The van der Waals surface area contributed by atoms with Gasteiger partial charge in [-0.1, -0.05) is 6.92 Å². The van der Waals surface area contributed by atoms with E-state index in [9.17, 15) is 23.6 Å². The van der Waals surface area contributed by atoms with Crippen molar-refractivity contribution in [2.24, 2.45) is 11.7 Å². The Kier molecular flexibility index (Phi) is 6.33. The number of fused-ring (bicyclic) bond motifs is 1. The van der Waals surface area contributed by atoms with Crippen molar-refractivity contribution in [3.05, 3.63) is 76.0 Å². The minimum Gasteiger partial charge on any atom is -0.369 e. The first kappa shape index (κ1) is 25.0. The molecule has 0 saturated carbocycles. The summed E-state index contributed by atoms with van der Waals surface area (Å²) in [5, 5.41) is 20.3. The molecular formula is C25H23F2N9O2. The maximum absolute atomic E-state index is 13.7. The van der Waals surface area contributed by atoms with E-state index in [2.05, 4.69) is 30.7 Å². The highest BCUT2D eigenvalue weighted by atomic mass is 19.3. The molecule has 5 heterocycles. The normalized spacial score (nSPS) is 19.1. The molecule has 1 aliphatic heterocycles. The number of alkyl halides is 2. The molecule has 194 valence electrons. The fourth-order valence-electron chi connectivity index (χ4n) is 4.99. The molecule has 11 nitrogen and oxygen atoms in total. The first-order chi connectivity index (χ1) is 18.3. The fourth-order valence-corrected chi connectivity index (χ4v) is 4.99. The van der Waals surface area contributed by atoms with E-state index in [1.54, 1.807) is 6.07 Å². The van der Waals surface area contributed by atoms with Gasteiger partial charge in [0.15, 0.2) is 5.82 Å². The Bertz CT molecular complexity index is 1620. The highest BCUT2D eigenvalue weighted by Gasteiger charge is 2.47. The van der Waals surface area contributed by atoms with E-state index in [0.717, 1.165) is 12.5 Å². The molecule has 1 fully saturated rings. The number of H-pyrrole nitrogens is 1. The van der Waals surface area contributed by atoms with Crippen molar-refractivity contribution in [1.29, 1.82) is 5.26 Å². The lowest BCUT2D eigenvalue weighted by Crippen LogP contribution is -2.45. The Hall–Kier alpha value is -4.70. The minimum absolute atomic E-state index is 0.0107. The van der Waals surface area contributed by atoms with E-state index in [1.807, 2.05) is 13.0 Å². The van der Waals surface area contributed by atoms with Crippen molar-refractivity contribution in [1.82, 2.24) is 29.9 Å². The van der Waals surface area contributed by atoms with Crippen molar-refractivity contribution in [2.75, 3.05) is 18.4 Å². The number of nitrogens with two attached hydrogens (primary N) is 1. The SMILES string of the molecule is CC[C@H]1CNC[C@]1(Nc1c(C(N)=O)cnn2cc(-c3ccc(=O)[nH]c3C(F)F)cc12)c1ncc(C#N)cn1. The van der Waals surface area contributed by atoms with Crippen LogP contribution in [0.3, 0.4) is 0 Å². The number of carbonyl (C=O) groups is 1. The largest absolute Gasteiger partial charge is 0.369 e. The van der Waals surface area contributed by atoms with Gasteiger partial charge in [0.05, 0.1) is 34.2 Å². The van der Waals surface area contributed by atoms with Gasteiger partial charge in [0, 0.05) is 54.8 Å². The van der Waals surface area contributed by atoms with E-state index >= 15 is 0 Å². The number of nitriles is 1. The third kappa shape index (κ3) is 4.14. The van der Waals surface area contributed by atoms with Crippen molar-refractivity contribution < 1.29 is 13.6 Å². The van der Waals surface area contributed by atoms with Crippen LogP contribution in [-0.2, 0) is 5.54 Å². The summed E-state index contributed by atoms with van der Waals surface area (Å²) in [5.41, 5.74) is 5.27. The Morgan fingerprint density at radius 2 is 2.11 bits per heavy atom. The average molecular weight is 520 g/mol. The predicted octanol–water partition coefficient (Wildman–Crippen LogP) is 2.32. The van der Waals surface area contributed by atoms with Gasteiger partial charge in [-0.3, -0.25) is 9.59 Å². The van der Waals surface area contributed by atoms with Crippen LogP contribution in [0, 0.1) is 17.2 Å². The number of aromatic amines is 1. The van der Waals surface area contributed by atoms with Gasteiger partial charge >= 0.3 is 0 Å². The molecule has 0 bridgehead atoms. The molecule has 0 radical (unpaired) electrons. The molecule has 5 N–H and O–H groups in total. The third-order valence-electron chi connectivity index (χ3n) is 6.89. The second-order valence-electron chi connectivity index (χ2n) is 9.05. The lowest BCUT2D eigenvalue weighted by molar-refractivity contribution is 0.100. The van der Waals surface area contributed by atoms with Crippen molar-refractivity contribution in [2.45, 2.75) is 25.3 Å². The van der Waals surface area contributed by atoms with Crippen molar-refractivity contribution in [3.8, 4) is 17.2 Å². The molecule has 4 aromatic rings. The van der Waals surface area contributed by atoms with Crippen molar-refractivity contribution >= 4 is 17.1 Å². The summed E-state index contributed by atoms with van der Waals surface area (Å²) in [6.45, 7) is 3.07. The molecule has 13 heteroatoms. The molecular weight excluding hydrogens is 496 g/mol. The van der Waals surface area contributed by atoms with Crippen LogP contribution in [0.25, 0.3) is 16.6 Å². The van der Waals surface area contributed by atoms with Crippen LogP contribution in [0.1, 0.15) is 47.2 Å². The maximum atomic E-state index is 13.7. The summed E-state index contributed by atoms with van der Waals surface area (Å²) >= 11 is 0. The lowest BCUT2D eigenvalue weighted by Gasteiger charge is -2.35. The van der Waals surface area contributed by atoms with Crippen LogP contribution < -0.4 is 21.9 Å². The number of amides is 1. The molecule has 0 aliphatic carbocycles. The Labute approximate surface area is 214 Å². The average Bonchev–Trinajstić information content (AvgIpc) is 3.53. The summed E-state index contributed by atoms with van der Waals surface area (Å²) in [4.78, 5) is 35.3. The summed E-state index contributed by atoms with van der Waals surface area (Å²) in [5.74, 6) is -0.327. The predicted molar refractivity (Wildman–Crippen MR) is 133 cm³/mol. The van der Waals surface area contributed by atoms with Crippen LogP contribution in [0.5, 0.6) is 0 Å². The third-order valence-corrected chi connectivity index (χ3v) is 6.89. The van der Waals surface area contributed by atoms with Gasteiger partial charge in [0.25, 0.3) is 12.3 Å². The number of rotatable bonds is 7. The number of pyridine rings is 1. The molecule has 38 heavy (non-hydrogen) atoms. The Morgan fingerprint density at radius 1 is 1.34 bits per heavy atom. The highest BCUT2D eigenvalue weighted by molar-refractivity contribution is 6.02. The molecule has 1 aliphatic rings. The number of nitrogens with zero attached hydrogens (tertiary/aromatic N) is 5. The molecule has 1 saturated heterocycles.